The predicted octanol–water partition coefficient (Wildman–Crippen LogP) is 2.14. The summed E-state index contributed by atoms with van der Waals surface area (Å²) >= 11 is 5.75. The van der Waals surface area contributed by atoms with Gasteiger partial charge in [-0.25, -0.2) is 13.1 Å². The molecular formula is C12H15ClN2O5S. The molecule has 0 saturated carbocycles. The number of sulfonamides is 1. The molecule has 116 valence electrons. The maximum Gasteiger partial charge on any atom is 0.271 e. The van der Waals surface area contributed by atoms with Gasteiger partial charge in [-0.3, -0.25) is 14.9 Å². The number of nitrogens with zero attached hydrogens (tertiary/aromatic N) is 1. The second-order valence-corrected chi connectivity index (χ2v) is 7.51. The average Bonchev–Trinajstić information content (AvgIpc) is 2.34. The van der Waals surface area contributed by atoms with Gasteiger partial charge in [-0.05, 0) is 6.07 Å². The van der Waals surface area contributed by atoms with Crippen molar-refractivity contribution in [3.05, 3.63) is 33.3 Å². The lowest BCUT2D eigenvalue weighted by atomic mass is 9.91. The van der Waals surface area contributed by atoms with Crippen LogP contribution in [0.2, 0.25) is 5.02 Å². The maximum absolute atomic E-state index is 12.0. The van der Waals surface area contributed by atoms with E-state index in [0.717, 1.165) is 18.2 Å². The van der Waals surface area contributed by atoms with Crippen molar-refractivity contribution in [2.45, 2.75) is 25.7 Å². The van der Waals surface area contributed by atoms with E-state index < -0.39 is 20.4 Å². The van der Waals surface area contributed by atoms with E-state index in [4.69, 9.17) is 11.6 Å². The van der Waals surface area contributed by atoms with E-state index in [1.54, 1.807) is 20.8 Å². The van der Waals surface area contributed by atoms with Crippen molar-refractivity contribution in [1.82, 2.24) is 4.72 Å². The molecular weight excluding hydrogens is 320 g/mol. The Morgan fingerprint density at radius 2 is 1.95 bits per heavy atom. The first kappa shape index (κ1) is 17.5. The number of hydrogen-bond acceptors (Lipinski definition) is 5. The number of nitro benzene ring substituents is 1. The first-order valence-corrected chi connectivity index (χ1v) is 7.78. The SMILES string of the molecule is CC(C)(C)C(=O)CNS(=O)(=O)c1ccc([N+](=O)[O-])cc1Cl. The molecule has 0 aliphatic heterocycles. The number of nitrogens with one attached hydrogen (secondary N) is 1. The molecule has 0 aliphatic carbocycles. The second-order valence-electron chi connectivity index (χ2n) is 5.37. The Bertz CT molecular complexity index is 679. The van der Waals surface area contributed by atoms with E-state index in [-0.39, 0.29) is 27.9 Å². The summed E-state index contributed by atoms with van der Waals surface area (Å²) in [6.45, 7) is 4.63. The molecule has 0 aromatic heterocycles. The van der Waals surface area contributed by atoms with Crippen molar-refractivity contribution >= 4 is 33.1 Å². The number of hydrogen-bond donors (Lipinski definition) is 1. The Morgan fingerprint density at radius 1 is 1.38 bits per heavy atom. The summed E-state index contributed by atoms with van der Waals surface area (Å²) in [5.74, 6) is -0.288. The molecule has 1 aromatic carbocycles. The first-order chi connectivity index (χ1) is 9.45. The van der Waals surface area contributed by atoms with Gasteiger partial charge in [0.25, 0.3) is 5.69 Å². The number of carbonyl (C=O) groups is 1. The van der Waals surface area contributed by atoms with Crippen LogP contribution in [0.15, 0.2) is 23.1 Å². The van der Waals surface area contributed by atoms with Crippen LogP contribution in [0.3, 0.4) is 0 Å². The number of ketones is 1. The van der Waals surface area contributed by atoms with Crippen LogP contribution in [0.1, 0.15) is 20.8 Å². The van der Waals surface area contributed by atoms with Gasteiger partial charge in [0.1, 0.15) is 4.90 Å². The Kier molecular flexibility index (Phi) is 5.08. The lowest BCUT2D eigenvalue weighted by Gasteiger charge is -2.17. The van der Waals surface area contributed by atoms with Gasteiger partial charge in [0.2, 0.25) is 10.0 Å². The van der Waals surface area contributed by atoms with E-state index in [1.165, 1.54) is 0 Å². The highest BCUT2D eigenvalue weighted by Gasteiger charge is 2.25. The third-order valence-corrected chi connectivity index (χ3v) is 4.56. The van der Waals surface area contributed by atoms with Crippen LogP contribution < -0.4 is 4.72 Å². The van der Waals surface area contributed by atoms with Crippen molar-refractivity contribution in [3.8, 4) is 0 Å². The van der Waals surface area contributed by atoms with Crippen molar-refractivity contribution in [3.63, 3.8) is 0 Å². The number of rotatable bonds is 5. The molecule has 21 heavy (non-hydrogen) atoms. The van der Waals surface area contributed by atoms with Crippen molar-refractivity contribution < 1.29 is 18.1 Å². The molecule has 0 radical (unpaired) electrons. The minimum absolute atomic E-state index is 0.278. The van der Waals surface area contributed by atoms with E-state index in [9.17, 15) is 23.3 Å². The summed E-state index contributed by atoms with van der Waals surface area (Å²) in [4.78, 5) is 21.3. The Labute approximate surface area is 127 Å². The van der Waals surface area contributed by atoms with E-state index in [0.29, 0.717) is 0 Å². The summed E-state index contributed by atoms with van der Waals surface area (Å²) in [5.41, 5.74) is -0.994. The van der Waals surface area contributed by atoms with Crippen LogP contribution >= 0.6 is 11.6 Å². The fourth-order valence-corrected chi connectivity index (χ4v) is 2.84. The smallest absolute Gasteiger partial charge is 0.271 e. The highest BCUT2D eigenvalue weighted by Crippen LogP contribution is 2.26. The number of halogens is 1. The normalized spacial score (nSPS) is 12.2. The molecule has 0 heterocycles. The zero-order valence-corrected chi connectivity index (χ0v) is 13.3. The van der Waals surface area contributed by atoms with Crippen molar-refractivity contribution in [2.75, 3.05) is 6.54 Å². The Hall–Kier alpha value is -1.51. The fraction of sp³-hybridized carbons (Fsp3) is 0.417. The molecule has 0 bridgehead atoms. The van der Waals surface area contributed by atoms with E-state index in [1.807, 2.05) is 0 Å². The van der Waals surface area contributed by atoms with E-state index in [2.05, 4.69) is 4.72 Å². The van der Waals surface area contributed by atoms with Gasteiger partial charge in [-0.1, -0.05) is 32.4 Å². The topological polar surface area (TPSA) is 106 Å². The quantitative estimate of drug-likeness (QED) is 0.655. The number of nitro groups is 1. The molecule has 1 aromatic rings. The third-order valence-electron chi connectivity index (χ3n) is 2.68. The molecule has 0 atom stereocenters. The molecule has 0 saturated heterocycles. The predicted molar refractivity (Wildman–Crippen MR) is 77.8 cm³/mol. The maximum atomic E-state index is 12.0. The molecule has 9 heteroatoms. The Balaban J connectivity index is 2.99. The largest absolute Gasteiger partial charge is 0.298 e. The Morgan fingerprint density at radius 3 is 2.38 bits per heavy atom. The van der Waals surface area contributed by atoms with Crippen LogP contribution in [-0.2, 0) is 14.8 Å². The van der Waals surface area contributed by atoms with Gasteiger partial charge in [-0.15, -0.1) is 0 Å². The number of carbonyl (C=O) groups excluding carboxylic acids is 1. The number of Topliss-reactive ketones (excluding diaryl/α,β-unsaturated/α-hetero) is 1. The summed E-state index contributed by atoms with van der Waals surface area (Å²) < 4.78 is 26.2. The standard InChI is InChI=1S/C12H15ClN2O5S/c1-12(2,3)11(16)7-14-21(19,20)10-5-4-8(15(17)18)6-9(10)13/h4-6,14H,7H2,1-3H3. The highest BCUT2D eigenvalue weighted by molar-refractivity contribution is 7.89. The average molecular weight is 335 g/mol. The third kappa shape index (κ3) is 4.48. The minimum atomic E-state index is -4.01. The van der Waals surface area contributed by atoms with Crippen molar-refractivity contribution in [2.24, 2.45) is 5.41 Å². The monoisotopic (exact) mass is 334 g/mol. The molecule has 1 rings (SSSR count). The highest BCUT2D eigenvalue weighted by atomic mass is 35.5. The van der Waals surface area contributed by atoms with Gasteiger partial charge >= 0.3 is 0 Å². The molecule has 7 nitrogen and oxygen atoms in total. The molecule has 0 fully saturated rings. The summed E-state index contributed by atoms with van der Waals surface area (Å²) in [6, 6.07) is 3.01. The van der Waals surface area contributed by atoms with Gasteiger partial charge in [0.05, 0.1) is 16.5 Å². The van der Waals surface area contributed by atoms with Gasteiger partial charge < -0.3 is 0 Å². The summed E-state index contributed by atoms with van der Waals surface area (Å²) in [7, 11) is -4.01. The van der Waals surface area contributed by atoms with Crippen LogP contribution in [0, 0.1) is 15.5 Å². The van der Waals surface area contributed by atoms with E-state index >= 15 is 0 Å². The number of benzene rings is 1. The van der Waals surface area contributed by atoms with Crippen molar-refractivity contribution in [1.29, 1.82) is 0 Å². The molecule has 0 spiro atoms. The van der Waals surface area contributed by atoms with Crippen LogP contribution in [0.25, 0.3) is 0 Å². The summed E-state index contributed by atoms with van der Waals surface area (Å²) in [5, 5.41) is 10.3. The minimum Gasteiger partial charge on any atom is -0.298 e. The van der Waals surface area contributed by atoms with Gasteiger partial charge in [0.15, 0.2) is 5.78 Å². The van der Waals surface area contributed by atoms with Crippen LogP contribution in [-0.4, -0.2) is 25.7 Å². The van der Waals surface area contributed by atoms with Gasteiger partial charge in [0, 0.05) is 17.5 Å². The molecule has 0 aliphatic rings. The second kappa shape index (κ2) is 6.08. The van der Waals surface area contributed by atoms with Crippen LogP contribution in [0.5, 0.6) is 0 Å². The molecule has 0 amide bonds. The molecule has 1 N–H and O–H groups in total. The van der Waals surface area contributed by atoms with Crippen LogP contribution in [0.4, 0.5) is 5.69 Å². The lowest BCUT2D eigenvalue weighted by molar-refractivity contribution is -0.384. The first-order valence-electron chi connectivity index (χ1n) is 5.92. The fourth-order valence-electron chi connectivity index (χ4n) is 1.32. The molecule has 0 unspecified atom stereocenters. The zero-order chi connectivity index (χ0) is 16.4. The zero-order valence-electron chi connectivity index (χ0n) is 11.7. The lowest BCUT2D eigenvalue weighted by Crippen LogP contribution is -2.35. The van der Waals surface area contributed by atoms with Gasteiger partial charge in [-0.2, -0.15) is 0 Å². The number of non-ortho nitro benzene ring substituents is 1. The summed E-state index contributed by atoms with van der Waals surface area (Å²) in [6.07, 6.45) is 0.